The Kier molecular flexibility index (Phi) is 4.96. The smallest absolute Gasteiger partial charge is 0.258 e. The fourth-order valence-corrected chi connectivity index (χ4v) is 1.95. The number of nitrogens with zero attached hydrogens (tertiary/aromatic N) is 1. The summed E-state index contributed by atoms with van der Waals surface area (Å²) in [4.78, 5) is 3.85. The molecule has 0 radical (unpaired) electrons. The molecule has 0 saturated heterocycles. The second-order valence-corrected chi connectivity index (χ2v) is 4.98. The molecule has 2 aromatic rings. The Bertz CT molecular complexity index is 650. The number of pyridine rings is 1. The number of aromatic nitrogens is 1. The lowest BCUT2D eigenvalue weighted by Gasteiger charge is -2.11. The number of rotatable bonds is 5. The van der Waals surface area contributed by atoms with E-state index in [4.69, 9.17) is 16.3 Å². The number of benzene rings is 1. The van der Waals surface area contributed by atoms with E-state index in [0.717, 1.165) is 18.1 Å². The summed E-state index contributed by atoms with van der Waals surface area (Å²) in [5.41, 5.74) is 0.732. The highest BCUT2D eigenvalue weighted by Gasteiger charge is 2.14. The maximum absolute atomic E-state index is 13.8. The molecular weight excluding hydrogens is 298 g/mol. The van der Waals surface area contributed by atoms with Crippen LogP contribution >= 0.6 is 11.6 Å². The molecular formula is C15H15ClF2N2O. The molecule has 6 heteroatoms. The molecule has 0 aliphatic carbocycles. The van der Waals surface area contributed by atoms with Gasteiger partial charge in [0.05, 0.1) is 0 Å². The highest BCUT2D eigenvalue weighted by atomic mass is 35.5. The van der Waals surface area contributed by atoms with Crippen molar-refractivity contribution in [2.24, 2.45) is 0 Å². The number of hydrogen-bond acceptors (Lipinski definition) is 3. The first kappa shape index (κ1) is 15.5. The number of halogens is 3. The first-order chi connectivity index (χ1) is 10.0. The van der Waals surface area contributed by atoms with E-state index in [1.54, 1.807) is 25.1 Å². The fraction of sp³-hybridized carbons (Fsp3) is 0.267. The van der Waals surface area contributed by atoms with E-state index in [1.807, 2.05) is 6.92 Å². The highest BCUT2D eigenvalue weighted by Crippen LogP contribution is 2.29. The zero-order valence-corrected chi connectivity index (χ0v) is 12.5. The Hall–Kier alpha value is -1.88. The zero-order valence-electron chi connectivity index (χ0n) is 11.7. The second-order valence-electron chi connectivity index (χ2n) is 4.54. The van der Waals surface area contributed by atoms with E-state index in [9.17, 15) is 8.78 Å². The van der Waals surface area contributed by atoms with Gasteiger partial charge < -0.3 is 10.1 Å². The molecule has 21 heavy (non-hydrogen) atoms. The summed E-state index contributed by atoms with van der Waals surface area (Å²) in [7, 11) is 0. The van der Waals surface area contributed by atoms with Gasteiger partial charge in [0, 0.05) is 17.6 Å². The zero-order chi connectivity index (χ0) is 15.4. The normalized spacial score (nSPS) is 10.5. The molecule has 0 aliphatic heterocycles. The fourth-order valence-electron chi connectivity index (χ4n) is 1.72. The van der Waals surface area contributed by atoms with Gasteiger partial charge in [-0.05, 0) is 37.1 Å². The van der Waals surface area contributed by atoms with Crippen molar-refractivity contribution in [3.05, 3.63) is 46.5 Å². The van der Waals surface area contributed by atoms with Crippen LogP contribution in [-0.4, -0.2) is 11.5 Å². The molecule has 0 bridgehead atoms. The Morgan fingerprint density at radius 2 is 2.00 bits per heavy atom. The van der Waals surface area contributed by atoms with Gasteiger partial charge in [-0.1, -0.05) is 18.5 Å². The second kappa shape index (κ2) is 6.72. The largest absolute Gasteiger partial charge is 0.436 e. The molecule has 0 unspecified atom stereocenters. The van der Waals surface area contributed by atoms with Gasteiger partial charge in [-0.3, -0.25) is 0 Å². The minimum absolute atomic E-state index is 0.0279. The van der Waals surface area contributed by atoms with Crippen LogP contribution in [0.3, 0.4) is 0 Å². The van der Waals surface area contributed by atoms with Crippen LogP contribution < -0.4 is 10.1 Å². The summed E-state index contributed by atoms with van der Waals surface area (Å²) in [6.07, 6.45) is 0.797. The van der Waals surface area contributed by atoms with Crippen molar-refractivity contribution >= 4 is 17.4 Å². The minimum atomic E-state index is -0.858. The van der Waals surface area contributed by atoms with Crippen molar-refractivity contribution in [2.75, 3.05) is 11.9 Å². The van der Waals surface area contributed by atoms with Crippen molar-refractivity contribution in [3.63, 3.8) is 0 Å². The first-order valence-corrected chi connectivity index (χ1v) is 6.93. The topological polar surface area (TPSA) is 34.2 Å². The van der Waals surface area contributed by atoms with E-state index in [0.29, 0.717) is 17.3 Å². The van der Waals surface area contributed by atoms with Gasteiger partial charge in [0.2, 0.25) is 0 Å². The lowest BCUT2D eigenvalue weighted by atomic mass is 10.2. The van der Waals surface area contributed by atoms with E-state index in [1.165, 1.54) is 0 Å². The number of anilines is 1. The molecule has 1 aromatic carbocycles. The van der Waals surface area contributed by atoms with Crippen LogP contribution in [0.15, 0.2) is 24.3 Å². The lowest BCUT2D eigenvalue weighted by molar-refractivity contribution is 0.415. The van der Waals surface area contributed by atoms with Crippen LogP contribution in [0.5, 0.6) is 11.6 Å². The minimum Gasteiger partial charge on any atom is -0.436 e. The summed E-state index contributed by atoms with van der Waals surface area (Å²) in [6.45, 7) is 4.25. The van der Waals surface area contributed by atoms with Crippen LogP contribution in [0.2, 0.25) is 5.02 Å². The molecule has 0 spiro atoms. The maximum Gasteiger partial charge on any atom is 0.258 e. The molecule has 0 fully saturated rings. The molecule has 112 valence electrons. The van der Waals surface area contributed by atoms with Gasteiger partial charge in [0.15, 0.2) is 17.5 Å². The quantitative estimate of drug-likeness (QED) is 0.849. The maximum atomic E-state index is 13.8. The van der Waals surface area contributed by atoms with Crippen LogP contribution in [-0.2, 0) is 0 Å². The van der Waals surface area contributed by atoms with Gasteiger partial charge in [-0.15, -0.1) is 0 Å². The average Bonchev–Trinajstić information content (AvgIpc) is 2.43. The average molecular weight is 313 g/mol. The van der Waals surface area contributed by atoms with Gasteiger partial charge in [0.1, 0.15) is 5.75 Å². The molecule has 3 nitrogen and oxygen atoms in total. The standard InChI is InChI=1S/C15H15ClF2N2O/c1-3-6-19-14-11(17)8-12(18)15(20-14)21-13-5-4-10(16)7-9(13)2/h4-5,7-8H,3,6H2,1-2H3,(H,19,20). The van der Waals surface area contributed by atoms with E-state index in [-0.39, 0.29) is 11.7 Å². The van der Waals surface area contributed by atoms with Gasteiger partial charge in [-0.2, -0.15) is 4.98 Å². The molecule has 2 rings (SSSR count). The predicted molar refractivity (Wildman–Crippen MR) is 79.2 cm³/mol. The third-order valence-corrected chi connectivity index (χ3v) is 3.02. The molecule has 1 N–H and O–H groups in total. The van der Waals surface area contributed by atoms with Crippen molar-refractivity contribution in [1.82, 2.24) is 4.98 Å². The van der Waals surface area contributed by atoms with Crippen molar-refractivity contribution in [2.45, 2.75) is 20.3 Å². The highest BCUT2D eigenvalue weighted by molar-refractivity contribution is 6.30. The molecule has 0 atom stereocenters. The van der Waals surface area contributed by atoms with Crippen molar-refractivity contribution < 1.29 is 13.5 Å². The third kappa shape index (κ3) is 3.82. The Morgan fingerprint density at radius 3 is 2.67 bits per heavy atom. The number of hydrogen-bond donors (Lipinski definition) is 1. The van der Waals surface area contributed by atoms with Crippen molar-refractivity contribution in [3.8, 4) is 11.6 Å². The predicted octanol–water partition coefficient (Wildman–Crippen LogP) is 4.94. The number of aryl methyl sites for hydroxylation is 1. The van der Waals surface area contributed by atoms with Gasteiger partial charge in [0.25, 0.3) is 5.88 Å². The molecule has 1 aromatic heterocycles. The molecule has 0 aliphatic rings. The summed E-state index contributed by atoms with van der Waals surface area (Å²) in [6, 6.07) is 5.68. The molecule has 0 amide bonds. The summed E-state index contributed by atoms with van der Waals surface area (Å²) >= 11 is 5.85. The van der Waals surface area contributed by atoms with Crippen LogP contribution in [0, 0.1) is 18.6 Å². The summed E-state index contributed by atoms with van der Waals surface area (Å²) in [5.74, 6) is -1.50. The van der Waals surface area contributed by atoms with Crippen molar-refractivity contribution in [1.29, 1.82) is 0 Å². The number of nitrogens with one attached hydrogen (secondary N) is 1. The van der Waals surface area contributed by atoms with E-state index in [2.05, 4.69) is 10.3 Å². The lowest BCUT2D eigenvalue weighted by Crippen LogP contribution is -2.06. The molecule has 1 heterocycles. The van der Waals surface area contributed by atoms with Crippen LogP contribution in [0.4, 0.5) is 14.6 Å². The van der Waals surface area contributed by atoms with Gasteiger partial charge in [-0.25, -0.2) is 8.78 Å². The summed E-state index contributed by atoms with van der Waals surface area (Å²) in [5, 5.41) is 3.34. The summed E-state index contributed by atoms with van der Waals surface area (Å²) < 4.78 is 32.8. The van der Waals surface area contributed by atoms with Gasteiger partial charge >= 0.3 is 0 Å². The Balaban J connectivity index is 2.30. The van der Waals surface area contributed by atoms with Crippen LogP contribution in [0.1, 0.15) is 18.9 Å². The SMILES string of the molecule is CCCNc1nc(Oc2ccc(Cl)cc2C)c(F)cc1F. The Morgan fingerprint density at radius 1 is 1.24 bits per heavy atom. The van der Waals surface area contributed by atoms with Crippen LogP contribution in [0.25, 0.3) is 0 Å². The van der Waals surface area contributed by atoms with E-state index >= 15 is 0 Å². The monoisotopic (exact) mass is 312 g/mol. The Labute approximate surface area is 126 Å². The molecule has 0 saturated carbocycles. The third-order valence-electron chi connectivity index (χ3n) is 2.78. The van der Waals surface area contributed by atoms with E-state index < -0.39 is 11.6 Å². The first-order valence-electron chi connectivity index (χ1n) is 6.55. The number of ether oxygens (including phenoxy) is 1.